The Kier molecular flexibility index (Phi) is 4.46. The molecule has 1 aliphatic heterocycles. The number of hydrogen-bond donors (Lipinski definition) is 1. The number of carbonyl (C=O) groups excluding carboxylic acids is 1. The highest BCUT2D eigenvalue weighted by atomic mass is 16.5. The summed E-state index contributed by atoms with van der Waals surface area (Å²) in [4.78, 5) is 29.6. The van der Waals surface area contributed by atoms with E-state index in [2.05, 4.69) is 4.98 Å². The Morgan fingerprint density at radius 3 is 2.71 bits per heavy atom. The van der Waals surface area contributed by atoms with E-state index in [9.17, 15) is 9.59 Å². The number of pyridine rings is 1. The molecule has 1 aromatic carbocycles. The van der Waals surface area contributed by atoms with Crippen LogP contribution in [0.4, 0.5) is 0 Å². The fraction of sp³-hybridized carbons (Fsp3) is 0.278. The summed E-state index contributed by atoms with van der Waals surface area (Å²) >= 11 is 0. The topological polar surface area (TPSA) is 79.7 Å². The van der Waals surface area contributed by atoms with E-state index in [1.165, 1.54) is 6.07 Å². The molecule has 24 heavy (non-hydrogen) atoms. The van der Waals surface area contributed by atoms with Crippen molar-refractivity contribution < 1.29 is 19.4 Å². The van der Waals surface area contributed by atoms with E-state index in [1.807, 2.05) is 24.3 Å². The highest BCUT2D eigenvalue weighted by molar-refractivity contribution is 5.94. The molecular weight excluding hydrogens is 308 g/mol. The number of amides is 1. The number of methoxy groups -OCH3 is 1. The molecule has 0 bridgehead atoms. The van der Waals surface area contributed by atoms with E-state index in [1.54, 1.807) is 24.1 Å². The van der Waals surface area contributed by atoms with Gasteiger partial charge in [-0.05, 0) is 42.7 Å². The first-order valence-corrected chi connectivity index (χ1v) is 7.75. The van der Waals surface area contributed by atoms with Crippen molar-refractivity contribution in [3.63, 3.8) is 0 Å². The fourth-order valence-electron chi connectivity index (χ4n) is 3.03. The Morgan fingerprint density at radius 2 is 1.96 bits per heavy atom. The molecule has 1 fully saturated rings. The van der Waals surface area contributed by atoms with Crippen molar-refractivity contribution in [3.8, 4) is 5.75 Å². The van der Waals surface area contributed by atoms with Crippen LogP contribution < -0.4 is 4.74 Å². The predicted molar refractivity (Wildman–Crippen MR) is 87.2 cm³/mol. The summed E-state index contributed by atoms with van der Waals surface area (Å²) in [7, 11) is 1.61. The van der Waals surface area contributed by atoms with Crippen LogP contribution >= 0.6 is 0 Å². The number of carbonyl (C=O) groups is 2. The Balaban J connectivity index is 1.88. The van der Waals surface area contributed by atoms with Crippen LogP contribution in [0.25, 0.3) is 0 Å². The molecule has 0 saturated carbocycles. The Bertz CT molecular complexity index is 775. The molecule has 1 atom stereocenters. The van der Waals surface area contributed by atoms with Crippen LogP contribution in [0, 0.1) is 0 Å². The van der Waals surface area contributed by atoms with Crippen LogP contribution in [-0.4, -0.2) is 40.5 Å². The molecule has 1 N–H and O–H groups in total. The normalized spacial score (nSPS) is 16.9. The minimum absolute atomic E-state index is 0.0529. The maximum atomic E-state index is 12.8. The number of likely N-dealkylation sites (tertiary alicyclic amines) is 1. The van der Waals surface area contributed by atoms with E-state index in [4.69, 9.17) is 9.84 Å². The van der Waals surface area contributed by atoms with Crippen molar-refractivity contribution in [2.45, 2.75) is 18.9 Å². The lowest BCUT2D eigenvalue weighted by Gasteiger charge is -2.25. The lowest BCUT2D eigenvalue weighted by Crippen LogP contribution is -2.31. The first-order valence-electron chi connectivity index (χ1n) is 7.75. The largest absolute Gasteiger partial charge is 0.497 e. The molecule has 6 heteroatoms. The number of benzene rings is 1. The molecule has 3 rings (SSSR count). The average Bonchev–Trinajstić information content (AvgIpc) is 3.11. The van der Waals surface area contributed by atoms with E-state index in [-0.39, 0.29) is 23.3 Å². The van der Waals surface area contributed by atoms with Gasteiger partial charge in [-0.1, -0.05) is 18.2 Å². The monoisotopic (exact) mass is 326 g/mol. The number of rotatable bonds is 4. The van der Waals surface area contributed by atoms with Gasteiger partial charge < -0.3 is 14.7 Å². The summed E-state index contributed by atoms with van der Waals surface area (Å²) < 4.78 is 5.26. The summed E-state index contributed by atoms with van der Waals surface area (Å²) in [5.41, 5.74) is 1.04. The summed E-state index contributed by atoms with van der Waals surface area (Å²) in [5, 5.41) is 9.04. The molecular formula is C18H18N2O4. The Hall–Kier alpha value is -2.89. The number of carboxylic acid groups (broad SMARTS) is 1. The predicted octanol–water partition coefficient (Wildman–Crippen LogP) is 2.77. The van der Waals surface area contributed by atoms with Crippen LogP contribution in [0.2, 0.25) is 0 Å². The van der Waals surface area contributed by atoms with Crippen molar-refractivity contribution in [1.29, 1.82) is 0 Å². The van der Waals surface area contributed by atoms with Gasteiger partial charge in [-0.25, -0.2) is 9.78 Å². The zero-order valence-electron chi connectivity index (χ0n) is 13.3. The fourth-order valence-corrected chi connectivity index (χ4v) is 3.03. The minimum Gasteiger partial charge on any atom is -0.497 e. The smallest absolute Gasteiger partial charge is 0.354 e. The second-order valence-electron chi connectivity index (χ2n) is 5.65. The molecule has 1 amide bonds. The zero-order chi connectivity index (χ0) is 17.1. The molecule has 2 aromatic rings. The van der Waals surface area contributed by atoms with E-state index in [0.29, 0.717) is 6.54 Å². The lowest BCUT2D eigenvalue weighted by molar-refractivity contribution is 0.0689. The maximum absolute atomic E-state index is 12.8. The van der Waals surface area contributed by atoms with Gasteiger partial charge in [0.15, 0.2) is 0 Å². The summed E-state index contributed by atoms with van der Waals surface area (Å²) in [6, 6.07) is 12.1. The highest BCUT2D eigenvalue weighted by Crippen LogP contribution is 2.34. The van der Waals surface area contributed by atoms with Crippen molar-refractivity contribution >= 4 is 11.9 Å². The summed E-state index contributed by atoms with van der Waals surface area (Å²) in [6.07, 6.45) is 1.75. The van der Waals surface area contributed by atoms with Gasteiger partial charge in [0.1, 0.15) is 17.1 Å². The van der Waals surface area contributed by atoms with E-state index >= 15 is 0 Å². The number of nitrogens with zero attached hydrogens (tertiary/aromatic N) is 2. The van der Waals surface area contributed by atoms with Gasteiger partial charge in [-0.3, -0.25) is 4.79 Å². The SMILES string of the molecule is COc1cccc(C2CCCN2C(=O)c2cccc(C(=O)O)n2)c1. The number of carboxylic acids is 1. The second-order valence-corrected chi connectivity index (χ2v) is 5.65. The quantitative estimate of drug-likeness (QED) is 0.934. The average molecular weight is 326 g/mol. The molecule has 1 unspecified atom stereocenters. The third-order valence-electron chi connectivity index (χ3n) is 4.18. The van der Waals surface area contributed by atoms with Gasteiger partial charge in [0.05, 0.1) is 13.2 Å². The van der Waals surface area contributed by atoms with Crippen LogP contribution in [0.3, 0.4) is 0 Å². The van der Waals surface area contributed by atoms with Crippen LogP contribution in [0.1, 0.15) is 45.4 Å². The molecule has 0 spiro atoms. The first kappa shape index (κ1) is 16.0. The third-order valence-corrected chi connectivity index (χ3v) is 4.18. The van der Waals surface area contributed by atoms with Crippen molar-refractivity contribution in [1.82, 2.24) is 9.88 Å². The van der Waals surface area contributed by atoms with Crippen molar-refractivity contribution in [3.05, 3.63) is 59.4 Å². The molecule has 1 saturated heterocycles. The standard InChI is InChI=1S/C18H18N2O4/c1-24-13-6-2-5-12(11-13)16-9-4-10-20(16)17(21)14-7-3-8-15(19-14)18(22)23/h2-3,5-8,11,16H,4,9-10H2,1H3,(H,22,23). The maximum Gasteiger partial charge on any atom is 0.354 e. The van der Waals surface area contributed by atoms with Crippen LogP contribution in [-0.2, 0) is 0 Å². The molecule has 1 aliphatic rings. The van der Waals surface area contributed by atoms with Crippen molar-refractivity contribution in [2.24, 2.45) is 0 Å². The molecule has 1 aromatic heterocycles. The molecule has 0 aliphatic carbocycles. The number of aromatic nitrogens is 1. The van der Waals surface area contributed by atoms with E-state index in [0.717, 1.165) is 24.2 Å². The Morgan fingerprint density at radius 1 is 1.21 bits per heavy atom. The number of aromatic carboxylic acids is 1. The molecule has 2 heterocycles. The van der Waals surface area contributed by atoms with Crippen LogP contribution in [0.15, 0.2) is 42.5 Å². The van der Waals surface area contributed by atoms with Gasteiger partial charge in [0, 0.05) is 6.54 Å². The van der Waals surface area contributed by atoms with Gasteiger partial charge in [0.2, 0.25) is 0 Å². The zero-order valence-corrected chi connectivity index (χ0v) is 13.3. The third kappa shape index (κ3) is 3.08. The lowest BCUT2D eigenvalue weighted by atomic mass is 10.0. The first-order chi connectivity index (χ1) is 11.6. The summed E-state index contributed by atoms with van der Waals surface area (Å²) in [5.74, 6) is -0.642. The Labute approximate surface area is 139 Å². The number of ether oxygens (including phenoxy) is 1. The molecule has 124 valence electrons. The van der Waals surface area contributed by atoms with Crippen molar-refractivity contribution in [2.75, 3.05) is 13.7 Å². The second kappa shape index (κ2) is 6.70. The molecule has 0 radical (unpaired) electrons. The van der Waals surface area contributed by atoms with Gasteiger partial charge in [0.25, 0.3) is 5.91 Å². The van der Waals surface area contributed by atoms with Crippen LogP contribution in [0.5, 0.6) is 5.75 Å². The van der Waals surface area contributed by atoms with Gasteiger partial charge >= 0.3 is 5.97 Å². The van der Waals surface area contributed by atoms with Gasteiger partial charge in [-0.2, -0.15) is 0 Å². The minimum atomic E-state index is -1.14. The van der Waals surface area contributed by atoms with Gasteiger partial charge in [-0.15, -0.1) is 0 Å². The molecule has 6 nitrogen and oxygen atoms in total. The van der Waals surface area contributed by atoms with E-state index < -0.39 is 5.97 Å². The number of hydrogen-bond acceptors (Lipinski definition) is 4. The highest BCUT2D eigenvalue weighted by Gasteiger charge is 2.31. The summed E-state index contributed by atoms with van der Waals surface area (Å²) in [6.45, 7) is 0.625.